The summed E-state index contributed by atoms with van der Waals surface area (Å²) in [6.07, 6.45) is 1.34. The monoisotopic (exact) mass is 427 g/mol. The average molecular weight is 428 g/mol. The lowest BCUT2D eigenvalue weighted by Gasteiger charge is -2.08. The Labute approximate surface area is 173 Å². The third-order valence-electron chi connectivity index (χ3n) is 4.34. The zero-order chi connectivity index (χ0) is 20.4. The van der Waals surface area contributed by atoms with Crippen molar-refractivity contribution in [3.8, 4) is 0 Å². The highest BCUT2D eigenvalue weighted by Crippen LogP contribution is 2.25. The molecule has 1 aromatic carbocycles. The predicted octanol–water partition coefficient (Wildman–Crippen LogP) is 1.97. The van der Waals surface area contributed by atoms with Crippen molar-refractivity contribution >= 4 is 39.2 Å². The standard InChI is InChI=1S/C18H17N7O2S2/c1-11-12(2)29-16-15(11)17(27)25(10-19-16)21-14(26)9-28-18-20-22-23-24(18)8-13-6-4-3-5-7-13/h3-7,10H,8-9H2,1-2H3,(H,21,26). The van der Waals surface area contributed by atoms with E-state index in [4.69, 9.17) is 0 Å². The van der Waals surface area contributed by atoms with Crippen LogP contribution in [0.15, 0.2) is 46.6 Å². The molecule has 0 aliphatic carbocycles. The molecule has 0 unspecified atom stereocenters. The number of nitrogens with zero attached hydrogens (tertiary/aromatic N) is 6. The lowest BCUT2D eigenvalue weighted by atomic mass is 10.2. The van der Waals surface area contributed by atoms with E-state index in [0.29, 0.717) is 21.9 Å². The van der Waals surface area contributed by atoms with E-state index in [-0.39, 0.29) is 17.2 Å². The molecule has 4 rings (SSSR count). The first-order valence-electron chi connectivity index (χ1n) is 8.73. The molecule has 0 saturated carbocycles. The summed E-state index contributed by atoms with van der Waals surface area (Å²) in [6.45, 7) is 4.33. The highest BCUT2D eigenvalue weighted by Gasteiger charge is 2.15. The minimum absolute atomic E-state index is 0.0568. The van der Waals surface area contributed by atoms with Gasteiger partial charge in [-0.05, 0) is 35.4 Å². The Bertz CT molecular complexity index is 1230. The fraction of sp³-hybridized carbons (Fsp3) is 0.222. The number of carbonyl (C=O) groups is 1. The third-order valence-corrected chi connectivity index (χ3v) is 6.41. The lowest BCUT2D eigenvalue weighted by Crippen LogP contribution is -2.34. The third kappa shape index (κ3) is 4.05. The number of nitrogens with one attached hydrogen (secondary N) is 1. The van der Waals surface area contributed by atoms with Crippen molar-refractivity contribution in [3.05, 3.63) is 63.0 Å². The Morgan fingerprint density at radius 3 is 2.83 bits per heavy atom. The topological polar surface area (TPSA) is 108 Å². The highest BCUT2D eigenvalue weighted by atomic mass is 32.2. The molecule has 0 atom stereocenters. The van der Waals surface area contributed by atoms with Crippen molar-refractivity contribution in [2.75, 3.05) is 11.2 Å². The summed E-state index contributed by atoms with van der Waals surface area (Å²) in [5.41, 5.74) is 4.23. The Morgan fingerprint density at radius 1 is 1.24 bits per heavy atom. The minimum Gasteiger partial charge on any atom is -0.272 e. The minimum atomic E-state index is -0.350. The van der Waals surface area contributed by atoms with Crippen LogP contribution in [-0.4, -0.2) is 41.5 Å². The molecule has 3 heterocycles. The number of tetrazole rings is 1. The maximum absolute atomic E-state index is 12.7. The first kappa shape index (κ1) is 19.3. The Kier molecular flexibility index (Phi) is 5.41. The van der Waals surface area contributed by atoms with Crippen LogP contribution in [0.4, 0.5) is 0 Å². The van der Waals surface area contributed by atoms with E-state index < -0.39 is 0 Å². The predicted molar refractivity (Wildman–Crippen MR) is 112 cm³/mol. The molecule has 0 fully saturated rings. The van der Waals surface area contributed by atoms with Gasteiger partial charge in [0.2, 0.25) is 11.1 Å². The number of carbonyl (C=O) groups excluding carboxylic acids is 1. The van der Waals surface area contributed by atoms with Gasteiger partial charge in [0.1, 0.15) is 11.2 Å². The van der Waals surface area contributed by atoms with E-state index in [1.807, 2.05) is 44.2 Å². The molecular weight excluding hydrogens is 410 g/mol. The van der Waals surface area contributed by atoms with Gasteiger partial charge in [-0.2, -0.15) is 0 Å². The first-order chi connectivity index (χ1) is 14.0. The maximum atomic E-state index is 12.7. The molecule has 0 radical (unpaired) electrons. The van der Waals surface area contributed by atoms with Gasteiger partial charge in [0.25, 0.3) is 5.56 Å². The van der Waals surface area contributed by atoms with Gasteiger partial charge in [0.15, 0.2) is 0 Å². The summed E-state index contributed by atoms with van der Waals surface area (Å²) < 4.78 is 2.75. The van der Waals surface area contributed by atoms with Gasteiger partial charge >= 0.3 is 0 Å². The second kappa shape index (κ2) is 8.13. The van der Waals surface area contributed by atoms with Crippen molar-refractivity contribution in [2.45, 2.75) is 25.5 Å². The number of hydrogen-bond donors (Lipinski definition) is 1. The number of fused-ring (bicyclic) bond motifs is 1. The second-order valence-corrected chi connectivity index (χ2v) is 8.46. The fourth-order valence-corrected chi connectivity index (χ4v) is 4.42. The molecule has 11 heteroatoms. The smallest absolute Gasteiger partial charge is 0.272 e. The largest absolute Gasteiger partial charge is 0.281 e. The summed E-state index contributed by atoms with van der Waals surface area (Å²) in [7, 11) is 0. The molecule has 0 spiro atoms. The van der Waals surface area contributed by atoms with Crippen molar-refractivity contribution in [2.24, 2.45) is 0 Å². The molecule has 0 aliphatic rings. The number of aromatic nitrogens is 6. The summed E-state index contributed by atoms with van der Waals surface area (Å²) in [5, 5.41) is 12.7. The van der Waals surface area contributed by atoms with Crippen molar-refractivity contribution < 1.29 is 4.79 Å². The molecule has 0 bridgehead atoms. The second-order valence-electron chi connectivity index (χ2n) is 6.31. The normalized spacial score (nSPS) is 11.1. The SMILES string of the molecule is Cc1sc2ncn(NC(=O)CSc3nnnn3Cc3ccccc3)c(=O)c2c1C. The number of benzene rings is 1. The van der Waals surface area contributed by atoms with Crippen molar-refractivity contribution in [1.29, 1.82) is 0 Å². The van der Waals surface area contributed by atoms with Gasteiger partial charge in [0.05, 0.1) is 17.7 Å². The quantitative estimate of drug-likeness (QED) is 0.469. The molecular formula is C18H17N7O2S2. The molecule has 4 aromatic rings. The van der Waals surface area contributed by atoms with Gasteiger partial charge in [-0.25, -0.2) is 14.3 Å². The number of amides is 1. The molecule has 29 heavy (non-hydrogen) atoms. The number of rotatable bonds is 6. The van der Waals surface area contributed by atoms with Crippen molar-refractivity contribution in [3.63, 3.8) is 0 Å². The first-order valence-corrected chi connectivity index (χ1v) is 10.5. The van der Waals surface area contributed by atoms with Crippen LogP contribution >= 0.6 is 23.1 Å². The molecule has 9 nitrogen and oxygen atoms in total. The fourth-order valence-electron chi connectivity index (χ4n) is 2.77. The van der Waals surface area contributed by atoms with Crippen LogP contribution in [0.5, 0.6) is 0 Å². The molecule has 1 amide bonds. The molecule has 148 valence electrons. The Hall–Kier alpha value is -3.05. The van der Waals surface area contributed by atoms with E-state index in [0.717, 1.165) is 20.7 Å². The van der Waals surface area contributed by atoms with E-state index in [1.165, 1.54) is 29.4 Å². The number of aryl methyl sites for hydroxylation is 2. The van der Waals surface area contributed by atoms with Gasteiger partial charge in [-0.15, -0.1) is 16.4 Å². The van der Waals surface area contributed by atoms with Gasteiger partial charge in [0, 0.05) is 4.88 Å². The van der Waals surface area contributed by atoms with E-state index in [2.05, 4.69) is 25.9 Å². The Balaban J connectivity index is 1.43. The van der Waals surface area contributed by atoms with E-state index >= 15 is 0 Å². The summed E-state index contributed by atoms with van der Waals surface area (Å²) >= 11 is 2.66. The van der Waals surface area contributed by atoms with Gasteiger partial charge in [-0.3, -0.25) is 15.0 Å². The van der Waals surface area contributed by atoms with Crippen LogP contribution in [0.1, 0.15) is 16.0 Å². The van der Waals surface area contributed by atoms with E-state index in [1.54, 1.807) is 4.68 Å². The van der Waals surface area contributed by atoms with Crippen LogP contribution in [0.3, 0.4) is 0 Å². The summed E-state index contributed by atoms with van der Waals surface area (Å²) in [6, 6.07) is 9.79. The molecule has 0 saturated heterocycles. The average Bonchev–Trinajstić information content (AvgIpc) is 3.27. The van der Waals surface area contributed by atoms with Crippen LogP contribution in [0, 0.1) is 13.8 Å². The van der Waals surface area contributed by atoms with Crippen molar-refractivity contribution in [1.82, 2.24) is 29.9 Å². The zero-order valence-corrected chi connectivity index (χ0v) is 17.3. The van der Waals surface area contributed by atoms with Crippen LogP contribution in [0.25, 0.3) is 10.2 Å². The number of hydrogen-bond acceptors (Lipinski definition) is 8. The molecule has 1 N–H and O–H groups in total. The van der Waals surface area contributed by atoms with Crippen LogP contribution in [0.2, 0.25) is 0 Å². The summed E-state index contributed by atoms with van der Waals surface area (Å²) in [5.74, 6) is -0.293. The molecule has 0 aliphatic heterocycles. The van der Waals surface area contributed by atoms with Gasteiger partial charge in [-0.1, -0.05) is 42.1 Å². The van der Waals surface area contributed by atoms with Crippen LogP contribution < -0.4 is 11.0 Å². The summed E-state index contributed by atoms with van der Waals surface area (Å²) in [4.78, 5) is 31.0. The number of thioether (sulfide) groups is 1. The highest BCUT2D eigenvalue weighted by molar-refractivity contribution is 7.99. The molecule has 3 aromatic heterocycles. The number of thiophene rings is 1. The maximum Gasteiger partial charge on any atom is 0.281 e. The zero-order valence-electron chi connectivity index (χ0n) is 15.7. The van der Waals surface area contributed by atoms with Crippen LogP contribution in [-0.2, 0) is 11.3 Å². The lowest BCUT2D eigenvalue weighted by molar-refractivity contribution is -0.114. The van der Waals surface area contributed by atoms with Gasteiger partial charge < -0.3 is 0 Å². The Morgan fingerprint density at radius 2 is 2.03 bits per heavy atom. The van der Waals surface area contributed by atoms with E-state index in [9.17, 15) is 9.59 Å².